The normalized spacial score (nSPS) is 20.7. The molecule has 0 bridgehead atoms. The molecule has 32 heavy (non-hydrogen) atoms. The van der Waals surface area contributed by atoms with Gasteiger partial charge in [-0.05, 0) is 61.2 Å². The van der Waals surface area contributed by atoms with Gasteiger partial charge in [-0.15, -0.1) is 11.8 Å². The van der Waals surface area contributed by atoms with Crippen LogP contribution in [0.15, 0.2) is 59.9 Å². The number of aryl methyl sites for hydroxylation is 3. The van der Waals surface area contributed by atoms with E-state index in [1.165, 1.54) is 21.7 Å². The Hall–Kier alpha value is -1.99. The predicted molar refractivity (Wildman–Crippen MR) is 131 cm³/mol. The first kappa shape index (κ1) is 23.2. The van der Waals surface area contributed by atoms with Crippen LogP contribution in [0.4, 0.5) is 5.69 Å². The van der Waals surface area contributed by atoms with E-state index in [0.29, 0.717) is 13.2 Å². The van der Waals surface area contributed by atoms with Gasteiger partial charge in [0.25, 0.3) is 0 Å². The number of nitrogens with zero attached hydrogens (tertiary/aromatic N) is 2. The van der Waals surface area contributed by atoms with Crippen molar-refractivity contribution in [3.8, 4) is 0 Å². The molecule has 1 fully saturated rings. The zero-order chi connectivity index (χ0) is 22.6. The van der Waals surface area contributed by atoms with Crippen molar-refractivity contribution in [2.75, 3.05) is 18.1 Å². The lowest BCUT2D eigenvalue weighted by atomic mass is 10.0. The zero-order valence-corrected chi connectivity index (χ0v) is 20.2. The van der Waals surface area contributed by atoms with Gasteiger partial charge < -0.3 is 19.8 Å². The van der Waals surface area contributed by atoms with E-state index in [1.54, 1.807) is 11.8 Å². The summed E-state index contributed by atoms with van der Waals surface area (Å²) < 4.78 is 15.1. The summed E-state index contributed by atoms with van der Waals surface area (Å²) >= 11 is 7.84. The first-order valence-corrected chi connectivity index (χ1v) is 12.4. The number of halogens is 1. The van der Waals surface area contributed by atoms with Gasteiger partial charge in [-0.25, -0.2) is 4.98 Å². The molecule has 1 aliphatic heterocycles. The van der Waals surface area contributed by atoms with Gasteiger partial charge >= 0.3 is 0 Å². The Bertz CT molecular complexity index is 1040. The maximum atomic E-state index is 6.61. The molecule has 0 radical (unpaired) electrons. The summed E-state index contributed by atoms with van der Waals surface area (Å²) in [6.45, 7) is 5.44. The maximum absolute atomic E-state index is 6.61. The fourth-order valence-electron chi connectivity index (χ4n) is 4.04. The number of ether oxygens (including phenoxy) is 2. The molecule has 2 heterocycles. The van der Waals surface area contributed by atoms with Crippen LogP contribution < -0.4 is 5.73 Å². The molecule has 1 saturated heterocycles. The standard InChI is InChI=1S/C25H30ClN3O2S/c1-3-22-13-28-17-29(22)16-25(11-10-19-4-6-20(26)7-5-19)30-14-23(31-25)15-32-24-9-8-21(27)12-18(24)2/h4-9,12-13,17,23H,3,10-11,14-16,27H2,1-2H3/t23-,25-/m0/s1. The van der Waals surface area contributed by atoms with Gasteiger partial charge in [0.1, 0.15) is 0 Å². The van der Waals surface area contributed by atoms with Crippen LogP contribution in [0.25, 0.3) is 0 Å². The summed E-state index contributed by atoms with van der Waals surface area (Å²) in [5.41, 5.74) is 10.3. The van der Waals surface area contributed by atoms with Gasteiger partial charge in [0.15, 0.2) is 5.79 Å². The Morgan fingerprint density at radius 1 is 1.25 bits per heavy atom. The predicted octanol–water partition coefficient (Wildman–Crippen LogP) is 5.53. The molecule has 170 valence electrons. The number of nitrogens with two attached hydrogens (primary N) is 1. The average molecular weight is 472 g/mol. The van der Waals surface area contributed by atoms with Crippen molar-refractivity contribution in [1.82, 2.24) is 9.55 Å². The summed E-state index contributed by atoms with van der Waals surface area (Å²) in [6, 6.07) is 14.0. The lowest BCUT2D eigenvalue weighted by Gasteiger charge is -2.29. The SMILES string of the molecule is CCc1cncn1C[C@@]1(CCc2ccc(Cl)cc2)OC[C@@H](CSc2ccc(N)cc2C)O1. The lowest BCUT2D eigenvalue weighted by Crippen LogP contribution is -2.37. The first-order chi connectivity index (χ1) is 15.5. The van der Waals surface area contributed by atoms with Gasteiger partial charge in [-0.2, -0.15) is 0 Å². The van der Waals surface area contributed by atoms with E-state index in [-0.39, 0.29) is 6.10 Å². The van der Waals surface area contributed by atoms with Crippen LogP contribution in [0.2, 0.25) is 5.02 Å². The summed E-state index contributed by atoms with van der Waals surface area (Å²) in [7, 11) is 0. The van der Waals surface area contributed by atoms with Crippen molar-refractivity contribution < 1.29 is 9.47 Å². The molecule has 0 amide bonds. The molecule has 1 aromatic heterocycles. The quantitative estimate of drug-likeness (QED) is 0.328. The third kappa shape index (κ3) is 5.67. The van der Waals surface area contributed by atoms with Crippen LogP contribution in [-0.4, -0.2) is 33.8 Å². The number of benzene rings is 2. The van der Waals surface area contributed by atoms with Crippen molar-refractivity contribution >= 4 is 29.1 Å². The van der Waals surface area contributed by atoms with Crippen LogP contribution in [0.5, 0.6) is 0 Å². The highest BCUT2D eigenvalue weighted by molar-refractivity contribution is 7.99. The summed E-state index contributed by atoms with van der Waals surface area (Å²) in [4.78, 5) is 5.56. The Kier molecular flexibility index (Phi) is 7.46. The molecule has 2 atom stereocenters. The molecule has 5 nitrogen and oxygen atoms in total. The Balaban J connectivity index is 1.45. The summed E-state index contributed by atoms with van der Waals surface area (Å²) in [6.07, 6.45) is 6.34. The van der Waals surface area contributed by atoms with Crippen molar-refractivity contribution in [3.63, 3.8) is 0 Å². The average Bonchev–Trinajstić information content (AvgIpc) is 3.40. The molecule has 2 N–H and O–H groups in total. The molecular formula is C25H30ClN3O2S. The van der Waals surface area contributed by atoms with Gasteiger partial charge in [0, 0.05) is 39.7 Å². The van der Waals surface area contributed by atoms with Gasteiger partial charge in [-0.3, -0.25) is 0 Å². The molecule has 0 unspecified atom stereocenters. The van der Waals surface area contributed by atoms with E-state index in [2.05, 4.69) is 41.6 Å². The van der Waals surface area contributed by atoms with E-state index >= 15 is 0 Å². The monoisotopic (exact) mass is 471 g/mol. The highest BCUT2D eigenvalue weighted by atomic mass is 35.5. The van der Waals surface area contributed by atoms with Gasteiger partial charge in [0.05, 0.1) is 25.6 Å². The van der Waals surface area contributed by atoms with Crippen LogP contribution in [-0.2, 0) is 28.9 Å². The van der Waals surface area contributed by atoms with E-state index in [0.717, 1.165) is 35.7 Å². The second-order valence-electron chi connectivity index (χ2n) is 8.29. The summed E-state index contributed by atoms with van der Waals surface area (Å²) in [5.74, 6) is 0.156. The first-order valence-electron chi connectivity index (χ1n) is 11.0. The molecule has 4 rings (SSSR count). The number of hydrogen-bond acceptors (Lipinski definition) is 5. The second-order valence-corrected chi connectivity index (χ2v) is 9.79. The number of rotatable bonds is 9. The van der Waals surface area contributed by atoms with E-state index in [4.69, 9.17) is 26.8 Å². The number of anilines is 1. The highest BCUT2D eigenvalue weighted by Gasteiger charge is 2.42. The minimum absolute atomic E-state index is 0.0239. The van der Waals surface area contributed by atoms with Crippen molar-refractivity contribution in [1.29, 1.82) is 0 Å². The number of hydrogen-bond donors (Lipinski definition) is 1. The minimum Gasteiger partial charge on any atom is -0.399 e. The molecule has 3 aromatic rings. The highest BCUT2D eigenvalue weighted by Crippen LogP contribution is 2.34. The third-order valence-corrected chi connectivity index (χ3v) is 7.38. The number of aromatic nitrogens is 2. The minimum atomic E-state index is -0.675. The molecule has 1 aliphatic rings. The van der Waals surface area contributed by atoms with Crippen molar-refractivity contribution in [3.05, 3.63) is 76.8 Å². The van der Waals surface area contributed by atoms with Crippen LogP contribution in [0, 0.1) is 6.92 Å². The fourth-order valence-corrected chi connectivity index (χ4v) is 5.15. The molecular weight excluding hydrogens is 442 g/mol. The third-order valence-electron chi connectivity index (χ3n) is 5.82. The molecule has 0 saturated carbocycles. The second kappa shape index (κ2) is 10.3. The van der Waals surface area contributed by atoms with Crippen LogP contribution in [0.1, 0.15) is 30.2 Å². The molecule has 0 aliphatic carbocycles. The lowest BCUT2D eigenvalue weighted by molar-refractivity contribution is -0.180. The van der Waals surface area contributed by atoms with Gasteiger partial charge in [-0.1, -0.05) is 30.7 Å². The molecule has 0 spiro atoms. The van der Waals surface area contributed by atoms with Crippen molar-refractivity contribution in [2.24, 2.45) is 0 Å². The van der Waals surface area contributed by atoms with E-state index in [9.17, 15) is 0 Å². The Morgan fingerprint density at radius 3 is 2.81 bits per heavy atom. The Morgan fingerprint density at radius 2 is 2.06 bits per heavy atom. The van der Waals surface area contributed by atoms with Crippen LogP contribution in [0.3, 0.4) is 0 Å². The van der Waals surface area contributed by atoms with Gasteiger partial charge in [0.2, 0.25) is 0 Å². The fraction of sp³-hybridized carbons (Fsp3) is 0.400. The topological polar surface area (TPSA) is 62.3 Å². The largest absolute Gasteiger partial charge is 0.399 e. The number of imidazole rings is 1. The number of nitrogen functional groups attached to an aromatic ring is 1. The van der Waals surface area contributed by atoms with E-state index in [1.807, 2.05) is 36.8 Å². The molecule has 2 aromatic carbocycles. The van der Waals surface area contributed by atoms with Crippen molar-refractivity contribution in [2.45, 2.75) is 56.4 Å². The molecule has 7 heteroatoms. The zero-order valence-electron chi connectivity index (χ0n) is 18.6. The van der Waals surface area contributed by atoms with Crippen LogP contribution >= 0.6 is 23.4 Å². The smallest absolute Gasteiger partial charge is 0.187 e. The summed E-state index contributed by atoms with van der Waals surface area (Å²) in [5, 5.41) is 0.748. The number of thioether (sulfide) groups is 1. The van der Waals surface area contributed by atoms with E-state index < -0.39 is 5.79 Å². The Labute approximate surface area is 199 Å². The maximum Gasteiger partial charge on any atom is 0.187 e.